The number of carbonyl (C=O) groups is 1. The molecule has 0 spiro atoms. The van der Waals surface area contributed by atoms with Crippen LogP contribution in [0.2, 0.25) is 0 Å². The van der Waals surface area contributed by atoms with Gasteiger partial charge in [0.15, 0.2) is 0 Å². The number of allylic oxidation sites excluding steroid dienone is 2. The van der Waals surface area contributed by atoms with E-state index in [0.29, 0.717) is 6.42 Å². The van der Waals surface area contributed by atoms with Crippen molar-refractivity contribution in [3.8, 4) is 0 Å². The first-order valence-corrected chi connectivity index (χ1v) is 11.6. The van der Waals surface area contributed by atoms with E-state index in [-0.39, 0.29) is 37.7 Å². The van der Waals surface area contributed by atoms with Gasteiger partial charge in [-0.15, -0.1) is 0 Å². The van der Waals surface area contributed by atoms with E-state index in [2.05, 4.69) is 19.1 Å². The molecule has 0 aliphatic heterocycles. The summed E-state index contributed by atoms with van der Waals surface area (Å²) in [6.45, 7) is 2.28. The predicted octanol–water partition coefficient (Wildman–Crippen LogP) is 7.53. The van der Waals surface area contributed by atoms with Crippen LogP contribution >= 0.6 is 0 Å². The zero-order valence-electron chi connectivity index (χ0n) is 17.7. The Morgan fingerprint density at radius 2 is 0.926 bits per heavy atom. The molecule has 0 saturated heterocycles. The van der Waals surface area contributed by atoms with Gasteiger partial charge in [0.2, 0.25) is 0 Å². The zero-order valence-corrected chi connectivity index (χ0v) is 17.7. The molecule has 158 valence electrons. The summed E-state index contributed by atoms with van der Waals surface area (Å²) >= 11 is 0. The van der Waals surface area contributed by atoms with Gasteiger partial charge in [0.1, 0.15) is 0 Å². The molecule has 0 saturated carbocycles. The van der Waals surface area contributed by atoms with Crippen molar-refractivity contribution in [2.24, 2.45) is 0 Å². The van der Waals surface area contributed by atoms with Crippen molar-refractivity contribution in [3.05, 3.63) is 12.2 Å². The first kappa shape index (κ1) is 29.7. The van der Waals surface area contributed by atoms with E-state index < -0.39 is 5.97 Å². The van der Waals surface area contributed by atoms with Crippen LogP contribution in [0.4, 0.5) is 0 Å². The topological polar surface area (TPSA) is 37.3 Å². The van der Waals surface area contributed by atoms with Crippen molar-refractivity contribution in [1.29, 1.82) is 0 Å². The standard InChI is InChI=1S/C24H46O2.Ca.2H/c1-2-3-4-5-6-7-8-9-10-11-12-13-14-15-16-17-18-19-20-21-22-23-24(25)26;;;/h9-10H,2-8,11-23H2,1H3,(H,25,26);;;/b10-9-;;;. The van der Waals surface area contributed by atoms with E-state index >= 15 is 0 Å². The van der Waals surface area contributed by atoms with Gasteiger partial charge in [-0.2, -0.15) is 0 Å². The third-order valence-electron chi connectivity index (χ3n) is 5.15. The molecule has 2 nitrogen and oxygen atoms in total. The number of hydrogen-bond acceptors (Lipinski definition) is 1. The van der Waals surface area contributed by atoms with Crippen LogP contribution in [0.15, 0.2) is 12.2 Å². The number of hydrogen-bond donors (Lipinski definition) is 1. The zero-order chi connectivity index (χ0) is 19.1. The Morgan fingerprint density at radius 1 is 0.593 bits per heavy atom. The molecule has 0 fully saturated rings. The number of aliphatic carboxylic acids is 1. The van der Waals surface area contributed by atoms with Gasteiger partial charge < -0.3 is 5.11 Å². The molecule has 0 amide bonds. The molecular formula is C24H48CaO2. The molecule has 1 N–H and O–H groups in total. The number of unbranched alkanes of at least 4 members (excludes halogenated alkanes) is 17. The Labute approximate surface area is 200 Å². The normalized spacial score (nSPS) is 11.0. The first-order valence-electron chi connectivity index (χ1n) is 11.6. The van der Waals surface area contributed by atoms with Crippen molar-refractivity contribution in [1.82, 2.24) is 0 Å². The Hall–Kier alpha value is 0.470. The average molecular weight is 409 g/mol. The molecule has 0 atom stereocenters. The van der Waals surface area contributed by atoms with Crippen molar-refractivity contribution in [3.63, 3.8) is 0 Å². The Kier molecular flexibility index (Phi) is 29.1. The molecule has 0 rings (SSSR count). The van der Waals surface area contributed by atoms with Crippen LogP contribution in [0, 0.1) is 0 Å². The van der Waals surface area contributed by atoms with Gasteiger partial charge in [0, 0.05) is 6.42 Å². The summed E-state index contributed by atoms with van der Waals surface area (Å²) < 4.78 is 0. The van der Waals surface area contributed by atoms with E-state index in [1.807, 2.05) is 0 Å². The molecule has 0 aliphatic carbocycles. The summed E-state index contributed by atoms with van der Waals surface area (Å²) in [5, 5.41) is 8.57. The summed E-state index contributed by atoms with van der Waals surface area (Å²) in [7, 11) is 0. The van der Waals surface area contributed by atoms with Gasteiger partial charge >= 0.3 is 43.7 Å². The maximum atomic E-state index is 10.4. The second kappa shape index (κ2) is 26.5. The van der Waals surface area contributed by atoms with E-state index in [1.165, 1.54) is 109 Å². The van der Waals surface area contributed by atoms with Crippen LogP contribution in [-0.2, 0) is 4.79 Å². The number of carboxylic acid groups (broad SMARTS) is 1. The first-order chi connectivity index (χ1) is 12.8. The molecule has 27 heavy (non-hydrogen) atoms. The molecule has 0 bridgehead atoms. The molecule has 0 aliphatic rings. The van der Waals surface area contributed by atoms with Crippen LogP contribution in [0.1, 0.15) is 135 Å². The summed E-state index contributed by atoms with van der Waals surface area (Å²) in [5.74, 6) is -0.654. The van der Waals surface area contributed by atoms with Crippen molar-refractivity contribution < 1.29 is 9.90 Å². The fourth-order valence-corrected chi connectivity index (χ4v) is 3.41. The monoisotopic (exact) mass is 408 g/mol. The average Bonchev–Trinajstić information content (AvgIpc) is 2.62. The molecule has 0 aromatic rings. The number of rotatable bonds is 21. The predicted molar refractivity (Wildman–Crippen MR) is 123 cm³/mol. The van der Waals surface area contributed by atoms with Gasteiger partial charge in [-0.25, -0.2) is 0 Å². The third kappa shape index (κ3) is 28.8. The quantitative estimate of drug-likeness (QED) is 0.121. The van der Waals surface area contributed by atoms with Gasteiger partial charge in [-0.1, -0.05) is 109 Å². The Morgan fingerprint density at radius 3 is 1.30 bits per heavy atom. The van der Waals surface area contributed by atoms with Crippen molar-refractivity contribution in [2.45, 2.75) is 135 Å². The summed E-state index contributed by atoms with van der Waals surface area (Å²) in [6, 6.07) is 0. The van der Waals surface area contributed by atoms with Gasteiger partial charge in [0.25, 0.3) is 0 Å². The molecule has 0 radical (unpaired) electrons. The fourth-order valence-electron chi connectivity index (χ4n) is 3.41. The van der Waals surface area contributed by atoms with Gasteiger partial charge in [-0.05, 0) is 32.1 Å². The van der Waals surface area contributed by atoms with Gasteiger partial charge in [0.05, 0.1) is 0 Å². The van der Waals surface area contributed by atoms with Crippen LogP contribution in [-0.4, -0.2) is 48.8 Å². The van der Waals surface area contributed by atoms with Crippen molar-refractivity contribution in [2.75, 3.05) is 0 Å². The number of carboxylic acids is 1. The SMILES string of the molecule is CCCCCCCC/C=C\CCCCCCCCCCCCCC(=O)O.[CaH2]. The van der Waals surface area contributed by atoms with Crippen LogP contribution < -0.4 is 0 Å². The molecule has 0 aromatic heterocycles. The molecular weight excluding hydrogens is 360 g/mol. The minimum absolute atomic E-state index is 0. The minimum atomic E-state index is -0.654. The van der Waals surface area contributed by atoms with Gasteiger partial charge in [-0.3, -0.25) is 4.79 Å². The summed E-state index contributed by atoms with van der Waals surface area (Å²) in [6.07, 6.45) is 30.1. The second-order valence-electron chi connectivity index (χ2n) is 7.85. The molecule has 0 aromatic carbocycles. The Balaban J connectivity index is 0. The second-order valence-corrected chi connectivity index (χ2v) is 7.85. The molecule has 0 unspecified atom stereocenters. The van der Waals surface area contributed by atoms with Crippen molar-refractivity contribution >= 4 is 43.7 Å². The van der Waals surface area contributed by atoms with Crippen LogP contribution in [0.25, 0.3) is 0 Å². The maximum absolute atomic E-state index is 10.4. The third-order valence-corrected chi connectivity index (χ3v) is 5.15. The van der Waals surface area contributed by atoms with E-state index in [4.69, 9.17) is 5.11 Å². The van der Waals surface area contributed by atoms with Crippen LogP contribution in [0.5, 0.6) is 0 Å². The van der Waals surface area contributed by atoms with E-state index in [9.17, 15) is 4.79 Å². The Bertz CT molecular complexity index is 316. The fraction of sp³-hybridized carbons (Fsp3) is 0.875. The van der Waals surface area contributed by atoms with Crippen LogP contribution in [0.3, 0.4) is 0 Å². The summed E-state index contributed by atoms with van der Waals surface area (Å²) in [5.41, 5.74) is 0. The summed E-state index contributed by atoms with van der Waals surface area (Å²) in [4.78, 5) is 10.4. The van der Waals surface area contributed by atoms with E-state index in [1.54, 1.807) is 0 Å². The molecule has 0 heterocycles. The van der Waals surface area contributed by atoms with E-state index in [0.717, 1.165) is 12.8 Å². The molecule has 3 heteroatoms.